The van der Waals surface area contributed by atoms with Crippen molar-refractivity contribution in [2.75, 3.05) is 13.2 Å². The summed E-state index contributed by atoms with van der Waals surface area (Å²) in [6.07, 6.45) is 0.917. The van der Waals surface area contributed by atoms with E-state index in [2.05, 4.69) is 13.8 Å². The zero-order valence-corrected chi connectivity index (χ0v) is 9.40. The van der Waals surface area contributed by atoms with Crippen LogP contribution < -0.4 is 0 Å². The van der Waals surface area contributed by atoms with Gasteiger partial charge in [0.15, 0.2) is 6.29 Å². The molecule has 0 amide bonds. The van der Waals surface area contributed by atoms with Crippen LogP contribution in [-0.4, -0.2) is 13.2 Å². The third kappa shape index (κ3) is 2.39. The molecular formula is C13H18O2. The number of rotatable bonds is 2. The van der Waals surface area contributed by atoms with E-state index < -0.39 is 0 Å². The average molecular weight is 206 g/mol. The highest BCUT2D eigenvalue weighted by atomic mass is 16.7. The fraction of sp³-hybridized carbons (Fsp3) is 0.538. The topological polar surface area (TPSA) is 18.5 Å². The summed E-state index contributed by atoms with van der Waals surface area (Å²) in [6.45, 7) is 5.94. The van der Waals surface area contributed by atoms with Gasteiger partial charge in [-0.2, -0.15) is 0 Å². The molecule has 1 heterocycles. The van der Waals surface area contributed by atoms with Crippen LogP contribution >= 0.6 is 0 Å². The Morgan fingerprint density at radius 1 is 1.20 bits per heavy atom. The van der Waals surface area contributed by atoms with Crippen LogP contribution in [0.1, 0.15) is 32.1 Å². The van der Waals surface area contributed by atoms with Gasteiger partial charge in [-0.05, 0) is 6.42 Å². The highest BCUT2D eigenvalue weighted by molar-refractivity contribution is 5.16. The van der Waals surface area contributed by atoms with E-state index in [9.17, 15) is 0 Å². The number of ether oxygens (including phenoxy) is 2. The maximum atomic E-state index is 5.75. The summed E-state index contributed by atoms with van der Waals surface area (Å²) in [5.41, 5.74) is 1.29. The lowest BCUT2D eigenvalue weighted by Crippen LogP contribution is -2.35. The molecule has 1 aromatic carbocycles. The first kappa shape index (κ1) is 10.7. The summed E-state index contributed by atoms with van der Waals surface area (Å²) in [7, 11) is 0. The van der Waals surface area contributed by atoms with Crippen molar-refractivity contribution in [3.8, 4) is 0 Å². The minimum absolute atomic E-state index is 0.175. The smallest absolute Gasteiger partial charge is 0.183 e. The highest BCUT2D eigenvalue weighted by Gasteiger charge is 2.31. The second kappa shape index (κ2) is 4.33. The first-order valence-corrected chi connectivity index (χ1v) is 5.52. The van der Waals surface area contributed by atoms with E-state index in [-0.39, 0.29) is 11.7 Å². The highest BCUT2D eigenvalue weighted by Crippen LogP contribution is 2.33. The zero-order chi connectivity index (χ0) is 10.7. The van der Waals surface area contributed by atoms with Gasteiger partial charge in [0.2, 0.25) is 0 Å². The van der Waals surface area contributed by atoms with E-state index in [0.29, 0.717) is 0 Å². The monoisotopic (exact) mass is 206 g/mol. The first-order chi connectivity index (χ1) is 7.23. The Balaban J connectivity index is 2.00. The van der Waals surface area contributed by atoms with Crippen molar-refractivity contribution in [1.29, 1.82) is 0 Å². The second-order valence-corrected chi connectivity index (χ2v) is 4.53. The molecule has 0 unspecified atom stereocenters. The van der Waals surface area contributed by atoms with Crippen LogP contribution in [0.25, 0.3) is 0 Å². The standard InChI is InChI=1S/C13H18O2/c1-3-13(2)9-14-12(15-10-13)11-7-5-4-6-8-11/h4-8,12H,3,9-10H2,1-2H3. The van der Waals surface area contributed by atoms with Gasteiger partial charge in [-0.3, -0.25) is 0 Å². The van der Waals surface area contributed by atoms with Crippen LogP contribution in [0.2, 0.25) is 0 Å². The minimum atomic E-state index is -0.175. The van der Waals surface area contributed by atoms with E-state index in [1.54, 1.807) is 0 Å². The average Bonchev–Trinajstić information content (AvgIpc) is 2.31. The second-order valence-electron chi connectivity index (χ2n) is 4.53. The lowest BCUT2D eigenvalue weighted by atomic mass is 9.89. The third-order valence-electron chi connectivity index (χ3n) is 3.09. The lowest BCUT2D eigenvalue weighted by molar-refractivity contribution is -0.230. The Morgan fingerprint density at radius 3 is 2.33 bits per heavy atom. The summed E-state index contributed by atoms with van der Waals surface area (Å²) in [5, 5.41) is 0. The molecule has 1 fully saturated rings. The van der Waals surface area contributed by atoms with Gasteiger partial charge in [-0.15, -0.1) is 0 Å². The molecule has 0 N–H and O–H groups in total. The quantitative estimate of drug-likeness (QED) is 0.740. The largest absolute Gasteiger partial charge is 0.348 e. The molecule has 0 atom stereocenters. The van der Waals surface area contributed by atoms with Crippen LogP contribution in [0, 0.1) is 5.41 Å². The van der Waals surface area contributed by atoms with Crippen molar-refractivity contribution >= 4 is 0 Å². The summed E-state index contributed by atoms with van der Waals surface area (Å²) in [6, 6.07) is 10.1. The van der Waals surface area contributed by atoms with Gasteiger partial charge >= 0.3 is 0 Å². The van der Waals surface area contributed by atoms with Gasteiger partial charge in [-0.25, -0.2) is 0 Å². The fourth-order valence-corrected chi connectivity index (χ4v) is 1.65. The first-order valence-electron chi connectivity index (χ1n) is 5.52. The van der Waals surface area contributed by atoms with Crippen molar-refractivity contribution < 1.29 is 9.47 Å². The molecule has 82 valence electrons. The number of hydrogen-bond acceptors (Lipinski definition) is 2. The van der Waals surface area contributed by atoms with Crippen molar-refractivity contribution in [1.82, 2.24) is 0 Å². The molecule has 2 nitrogen and oxygen atoms in total. The molecule has 2 heteroatoms. The van der Waals surface area contributed by atoms with Crippen molar-refractivity contribution in [2.45, 2.75) is 26.6 Å². The van der Waals surface area contributed by atoms with Gasteiger partial charge in [-0.1, -0.05) is 44.2 Å². The predicted octanol–water partition coefficient (Wildman–Crippen LogP) is 3.15. The molecule has 1 saturated heterocycles. The molecule has 0 aliphatic carbocycles. The Hall–Kier alpha value is -0.860. The Morgan fingerprint density at radius 2 is 1.80 bits per heavy atom. The summed E-state index contributed by atoms with van der Waals surface area (Å²) < 4.78 is 11.5. The van der Waals surface area contributed by atoms with Gasteiger partial charge < -0.3 is 9.47 Å². The SMILES string of the molecule is CCC1(C)COC(c2ccccc2)OC1. The molecule has 0 bridgehead atoms. The van der Waals surface area contributed by atoms with E-state index in [4.69, 9.17) is 9.47 Å². The van der Waals surface area contributed by atoms with Gasteiger partial charge in [0.25, 0.3) is 0 Å². The molecule has 1 aliphatic rings. The number of benzene rings is 1. The van der Waals surface area contributed by atoms with Crippen molar-refractivity contribution in [3.63, 3.8) is 0 Å². The predicted molar refractivity (Wildman–Crippen MR) is 59.5 cm³/mol. The summed E-state index contributed by atoms with van der Waals surface area (Å²) in [5.74, 6) is 0. The lowest BCUT2D eigenvalue weighted by Gasteiger charge is -2.36. The molecular weight excluding hydrogens is 188 g/mol. The van der Waals surface area contributed by atoms with Crippen molar-refractivity contribution in [2.24, 2.45) is 5.41 Å². The molecule has 2 rings (SSSR count). The van der Waals surface area contributed by atoms with E-state index in [0.717, 1.165) is 25.2 Å². The Kier molecular flexibility index (Phi) is 3.08. The van der Waals surface area contributed by atoms with Crippen LogP contribution in [0.5, 0.6) is 0 Å². The van der Waals surface area contributed by atoms with Crippen molar-refractivity contribution in [3.05, 3.63) is 35.9 Å². The molecule has 0 spiro atoms. The van der Waals surface area contributed by atoms with Gasteiger partial charge in [0, 0.05) is 11.0 Å². The van der Waals surface area contributed by atoms with E-state index in [1.165, 1.54) is 0 Å². The fourth-order valence-electron chi connectivity index (χ4n) is 1.65. The third-order valence-corrected chi connectivity index (χ3v) is 3.09. The molecule has 0 aromatic heterocycles. The maximum absolute atomic E-state index is 5.75. The van der Waals surface area contributed by atoms with E-state index in [1.807, 2.05) is 30.3 Å². The Bertz CT molecular complexity index is 300. The maximum Gasteiger partial charge on any atom is 0.183 e. The normalized spacial score (nSPS) is 31.5. The molecule has 1 aliphatic heterocycles. The summed E-state index contributed by atoms with van der Waals surface area (Å²) >= 11 is 0. The minimum Gasteiger partial charge on any atom is -0.348 e. The number of hydrogen-bond donors (Lipinski definition) is 0. The van der Waals surface area contributed by atoms with Crippen LogP contribution in [0.15, 0.2) is 30.3 Å². The van der Waals surface area contributed by atoms with Crippen LogP contribution in [0.4, 0.5) is 0 Å². The zero-order valence-electron chi connectivity index (χ0n) is 9.40. The molecule has 1 aromatic rings. The molecule has 0 saturated carbocycles. The van der Waals surface area contributed by atoms with Gasteiger partial charge in [0.05, 0.1) is 13.2 Å². The van der Waals surface area contributed by atoms with E-state index >= 15 is 0 Å². The Labute approximate surface area is 91.2 Å². The van der Waals surface area contributed by atoms with Gasteiger partial charge in [0.1, 0.15) is 0 Å². The molecule has 15 heavy (non-hydrogen) atoms. The van der Waals surface area contributed by atoms with Crippen LogP contribution in [0.3, 0.4) is 0 Å². The molecule has 0 radical (unpaired) electrons. The summed E-state index contributed by atoms with van der Waals surface area (Å²) in [4.78, 5) is 0. The van der Waals surface area contributed by atoms with Crippen LogP contribution in [-0.2, 0) is 9.47 Å².